The van der Waals surface area contributed by atoms with E-state index in [2.05, 4.69) is 23.3 Å². The number of rotatable bonds is 10. The van der Waals surface area contributed by atoms with Crippen LogP contribution < -0.4 is 20.1 Å². The Balaban J connectivity index is 1.54. The highest BCUT2D eigenvalue weighted by Crippen LogP contribution is 2.29. The first kappa shape index (κ1) is 20.9. The summed E-state index contributed by atoms with van der Waals surface area (Å²) in [6.07, 6.45) is 3.17. The topological polar surface area (TPSA) is 59.6 Å². The molecule has 1 amide bonds. The van der Waals surface area contributed by atoms with E-state index in [1.165, 1.54) is 0 Å². The Labute approximate surface area is 173 Å². The lowest BCUT2D eigenvalue weighted by molar-refractivity contribution is -0.122. The Hall–Kier alpha value is -2.79. The van der Waals surface area contributed by atoms with Crippen molar-refractivity contribution in [3.05, 3.63) is 65.7 Å². The number of carbonyl (C=O) groups is 1. The summed E-state index contributed by atoms with van der Waals surface area (Å²) in [4.78, 5) is 12.1. The molecule has 2 aromatic rings. The number of nitrogens with one attached hydrogen (secondary N) is 2. The molecule has 0 aromatic heterocycles. The van der Waals surface area contributed by atoms with Gasteiger partial charge in [-0.2, -0.15) is 0 Å². The van der Waals surface area contributed by atoms with Crippen molar-refractivity contribution >= 4 is 11.6 Å². The minimum absolute atomic E-state index is 0.141. The van der Waals surface area contributed by atoms with E-state index in [1.54, 1.807) is 7.11 Å². The Morgan fingerprint density at radius 3 is 2.52 bits per heavy atom. The zero-order valence-corrected chi connectivity index (χ0v) is 17.3. The van der Waals surface area contributed by atoms with E-state index in [0.717, 1.165) is 47.4 Å². The van der Waals surface area contributed by atoms with Gasteiger partial charge in [-0.1, -0.05) is 31.2 Å². The van der Waals surface area contributed by atoms with E-state index in [0.29, 0.717) is 25.4 Å². The summed E-state index contributed by atoms with van der Waals surface area (Å²) in [6, 6.07) is 13.9. The normalized spacial score (nSPS) is 13.4. The van der Waals surface area contributed by atoms with E-state index >= 15 is 0 Å². The Morgan fingerprint density at radius 2 is 1.86 bits per heavy atom. The summed E-state index contributed by atoms with van der Waals surface area (Å²) in [5.41, 5.74) is 4.06. The number of carbonyl (C=O) groups excluding carboxylic acids is 1. The van der Waals surface area contributed by atoms with Gasteiger partial charge in [0.2, 0.25) is 5.91 Å². The number of anilines is 1. The lowest BCUT2D eigenvalue weighted by atomic mass is 9.85. The predicted molar refractivity (Wildman–Crippen MR) is 116 cm³/mol. The molecule has 0 spiro atoms. The average Bonchev–Trinajstić information content (AvgIpc) is 2.65. The van der Waals surface area contributed by atoms with Crippen LogP contribution >= 0.6 is 0 Å². The minimum Gasteiger partial charge on any atom is -0.493 e. The quantitative estimate of drug-likeness (QED) is 0.575. The van der Waals surface area contributed by atoms with Gasteiger partial charge < -0.3 is 20.1 Å². The van der Waals surface area contributed by atoms with Gasteiger partial charge in [0.25, 0.3) is 0 Å². The van der Waals surface area contributed by atoms with Gasteiger partial charge in [0.15, 0.2) is 11.5 Å². The molecule has 2 aromatic carbocycles. The molecular weight excluding hydrogens is 364 g/mol. The molecule has 3 rings (SSSR count). The van der Waals surface area contributed by atoms with Gasteiger partial charge in [0.1, 0.15) is 6.61 Å². The highest BCUT2D eigenvalue weighted by atomic mass is 16.5. The van der Waals surface area contributed by atoms with Gasteiger partial charge in [-0.05, 0) is 60.7 Å². The van der Waals surface area contributed by atoms with Crippen molar-refractivity contribution in [3.8, 4) is 11.5 Å². The molecule has 1 aliphatic carbocycles. The van der Waals surface area contributed by atoms with Crippen LogP contribution in [0.4, 0.5) is 5.69 Å². The van der Waals surface area contributed by atoms with Gasteiger partial charge in [-0.15, -0.1) is 0 Å². The number of hydrogen-bond donors (Lipinski definition) is 2. The second kappa shape index (κ2) is 10.1. The highest BCUT2D eigenvalue weighted by Gasteiger charge is 2.25. The van der Waals surface area contributed by atoms with Crippen molar-refractivity contribution in [1.29, 1.82) is 0 Å². The van der Waals surface area contributed by atoms with Gasteiger partial charge in [0, 0.05) is 24.7 Å². The van der Waals surface area contributed by atoms with Crippen LogP contribution in [-0.2, 0) is 17.9 Å². The van der Waals surface area contributed by atoms with E-state index in [-0.39, 0.29) is 11.8 Å². The molecule has 29 heavy (non-hydrogen) atoms. The molecule has 2 N–H and O–H groups in total. The van der Waals surface area contributed by atoms with Crippen LogP contribution in [0, 0.1) is 5.92 Å². The fourth-order valence-electron chi connectivity index (χ4n) is 3.17. The third-order valence-electron chi connectivity index (χ3n) is 5.03. The summed E-state index contributed by atoms with van der Waals surface area (Å²) >= 11 is 0. The third-order valence-corrected chi connectivity index (χ3v) is 5.03. The summed E-state index contributed by atoms with van der Waals surface area (Å²) in [6.45, 7) is 7.68. The van der Waals surface area contributed by atoms with Crippen molar-refractivity contribution in [1.82, 2.24) is 5.32 Å². The number of methoxy groups -OCH3 is 1. The Kier molecular flexibility index (Phi) is 7.30. The van der Waals surface area contributed by atoms with Gasteiger partial charge in [-0.25, -0.2) is 0 Å². The molecule has 1 aliphatic rings. The molecule has 0 heterocycles. The molecule has 1 saturated carbocycles. The number of ether oxygens (including phenoxy) is 2. The first-order valence-corrected chi connectivity index (χ1v) is 10.1. The molecule has 0 aliphatic heterocycles. The maximum atomic E-state index is 12.1. The van der Waals surface area contributed by atoms with Crippen molar-refractivity contribution in [3.63, 3.8) is 0 Å². The molecule has 0 radical (unpaired) electrons. The van der Waals surface area contributed by atoms with Crippen LogP contribution in [0.3, 0.4) is 0 Å². The van der Waals surface area contributed by atoms with E-state index in [1.807, 2.05) is 43.3 Å². The fourth-order valence-corrected chi connectivity index (χ4v) is 3.17. The first-order chi connectivity index (χ1) is 14.0. The smallest absolute Gasteiger partial charge is 0.227 e. The fraction of sp³-hybridized carbons (Fsp3) is 0.375. The zero-order chi connectivity index (χ0) is 20.6. The molecule has 0 saturated heterocycles. The van der Waals surface area contributed by atoms with Gasteiger partial charge in [-0.3, -0.25) is 4.79 Å². The van der Waals surface area contributed by atoms with Crippen LogP contribution in [-0.4, -0.2) is 19.6 Å². The zero-order valence-electron chi connectivity index (χ0n) is 17.3. The van der Waals surface area contributed by atoms with Crippen molar-refractivity contribution in [2.45, 2.75) is 39.3 Å². The summed E-state index contributed by atoms with van der Waals surface area (Å²) < 4.78 is 11.2. The van der Waals surface area contributed by atoms with Crippen LogP contribution in [0.5, 0.6) is 11.5 Å². The molecule has 5 nitrogen and oxygen atoms in total. The molecular formula is C24H30N2O3. The number of amides is 1. The van der Waals surface area contributed by atoms with Crippen LogP contribution in [0.15, 0.2) is 54.6 Å². The standard InChI is InChI=1S/C24H30N2O3/c1-17(2)16-29-23-13-19(10-11-22(23)28-3)15-25-14-18-6-4-9-21(12-18)26-24(27)20-7-5-8-20/h4,6,9-13,20,25H,1,5,7-8,14-16H2,2-3H3,(H,26,27). The monoisotopic (exact) mass is 394 g/mol. The van der Waals surface area contributed by atoms with Crippen LogP contribution in [0.2, 0.25) is 0 Å². The van der Waals surface area contributed by atoms with Crippen molar-refractivity contribution < 1.29 is 14.3 Å². The minimum atomic E-state index is 0.141. The highest BCUT2D eigenvalue weighted by molar-refractivity contribution is 5.93. The largest absolute Gasteiger partial charge is 0.493 e. The average molecular weight is 395 g/mol. The Morgan fingerprint density at radius 1 is 1.10 bits per heavy atom. The lowest BCUT2D eigenvalue weighted by Crippen LogP contribution is -2.28. The summed E-state index contributed by atoms with van der Waals surface area (Å²) in [7, 11) is 1.64. The van der Waals surface area contributed by atoms with E-state index in [9.17, 15) is 4.79 Å². The number of hydrogen-bond acceptors (Lipinski definition) is 4. The van der Waals surface area contributed by atoms with Crippen LogP contribution in [0.25, 0.3) is 0 Å². The van der Waals surface area contributed by atoms with Crippen molar-refractivity contribution in [2.24, 2.45) is 5.92 Å². The predicted octanol–water partition coefficient (Wildman–Crippen LogP) is 4.68. The van der Waals surface area contributed by atoms with Crippen LogP contribution in [0.1, 0.15) is 37.3 Å². The third kappa shape index (κ3) is 6.09. The van der Waals surface area contributed by atoms with Crippen molar-refractivity contribution in [2.75, 3.05) is 19.0 Å². The molecule has 154 valence electrons. The molecule has 0 unspecified atom stereocenters. The second-order valence-corrected chi connectivity index (χ2v) is 7.65. The molecule has 5 heteroatoms. The maximum absolute atomic E-state index is 12.1. The molecule has 0 atom stereocenters. The summed E-state index contributed by atoms with van der Waals surface area (Å²) in [5, 5.41) is 6.48. The SMILES string of the molecule is C=C(C)COc1cc(CNCc2cccc(NC(=O)C3CCC3)c2)ccc1OC. The second-order valence-electron chi connectivity index (χ2n) is 7.65. The Bertz CT molecular complexity index is 859. The maximum Gasteiger partial charge on any atom is 0.227 e. The first-order valence-electron chi connectivity index (χ1n) is 10.1. The van der Waals surface area contributed by atoms with Gasteiger partial charge >= 0.3 is 0 Å². The molecule has 1 fully saturated rings. The lowest BCUT2D eigenvalue weighted by Gasteiger charge is -2.24. The summed E-state index contributed by atoms with van der Waals surface area (Å²) in [5.74, 6) is 1.76. The van der Waals surface area contributed by atoms with Gasteiger partial charge in [0.05, 0.1) is 7.11 Å². The number of benzene rings is 2. The van der Waals surface area contributed by atoms with E-state index in [4.69, 9.17) is 9.47 Å². The van der Waals surface area contributed by atoms with E-state index < -0.39 is 0 Å². The molecule has 0 bridgehead atoms.